The van der Waals surface area contributed by atoms with Gasteiger partial charge in [-0.2, -0.15) is 0 Å². The number of rotatable bonds is 6. The predicted octanol–water partition coefficient (Wildman–Crippen LogP) is 4.25. The van der Waals surface area contributed by atoms with Gasteiger partial charge in [0.1, 0.15) is 5.02 Å². The third-order valence-electron chi connectivity index (χ3n) is 3.37. The van der Waals surface area contributed by atoms with Crippen LogP contribution in [0.5, 0.6) is 0 Å². The van der Waals surface area contributed by atoms with Crippen LogP contribution in [-0.4, -0.2) is 4.57 Å². The van der Waals surface area contributed by atoms with Crippen LogP contribution in [0, 0.1) is 0 Å². The number of pyridine rings is 1. The lowest BCUT2D eigenvalue weighted by Gasteiger charge is -2.16. The number of aromatic nitrogens is 1. The molecule has 1 aromatic carbocycles. The molecule has 2 nitrogen and oxygen atoms in total. The minimum atomic E-state index is -0.154. The minimum Gasteiger partial charge on any atom is -0.307 e. The highest BCUT2D eigenvalue weighted by atomic mass is 35.5. The van der Waals surface area contributed by atoms with E-state index in [0.29, 0.717) is 0 Å². The van der Waals surface area contributed by atoms with Crippen molar-refractivity contribution in [2.45, 2.75) is 25.3 Å². The Kier molecular flexibility index (Phi) is 5.19. The Morgan fingerprint density at radius 2 is 1.95 bits per heavy atom. The van der Waals surface area contributed by atoms with Crippen molar-refractivity contribution in [3.63, 3.8) is 0 Å². The van der Waals surface area contributed by atoms with E-state index in [2.05, 4.69) is 18.7 Å². The lowest BCUT2D eigenvalue weighted by atomic mass is 10.0. The topological polar surface area (TPSA) is 22.0 Å². The van der Waals surface area contributed by atoms with Gasteiger partial charge in [0.25, 0.3) is 5.56 Å². The van der Waals surface area contributed by atoms with E-state index in [-0.39, 0.29) is 16.6 Å². The van der Waals surface area contributed by atoms with Crippen LogP contribution in [0.15, 0.2) is 66.1 Å². The van der Waals surface area contributed by atoms with Gasteiger partial charge in [-0.3, -0.25) is 4.79 Å². The molecule has 0 aliphatic rings. The molecule has 1 atom stereocenters. The van der Waals surface area contributed by atoms with Gasteiger partial charge in [-0.05, 0) is 37.0 Å². The van der Waals surface area contributed by atoms with Crippen molar-refractivity contribution in [1.82, 2.24) is 4.57 Å². The average Bonchev–Trinajstić information content (AvgIpc) is 2.48. The third kappa shape index (κ3) is 3.61. The van der Waals surface area contributed by atoms with Crippen molar-refractivity contribution in [2.24, 2.45) is 0 Å². The first-order valence-electron chi connectivity index (χ1n) is 6.75. The SMILES string of the molecule is C=CC(CCCc1ccccc1)n1cccc(Cl)c1=O. The fraction of sp³-hybridized carbons (Fsp3) is 0.235. The van der Waals surface area contributed by atoms with E-state index in [9.17, 15) is 4.79 Å². The maximum absolute atomic E-state index is 12.0. The molecule has 0 aliphatic carbocycles. The molecular weight excluding hydrogens is 270 g/mol. The summed E-state index contributed by atoms with van der Waals surface area (Å²) in [6, 6.07) is 13.7. The summed E-state index contributed by atoms with van der Waals surface area (Å²) < 4.78 is 1.65. The van der Waals surface area contributed by atoms with E-state index in [1.54, 1.807) is 22.9 Å². The van der Waals surface area contributed by atoms with Crippen molar-refractivity contribution in [1.29, 1.82) is 0 Å². The molecular formula is C17H18ClNO. The molecule has 2 rings (SSSR count). The zero-order valence-corrected chi connectivity index (χ0v) is 12.1. The van der Waals surface area contributed by atoms with Gasteiger partial charge in [-0.1, -0.05) is 48.0 Å². The Bertz CT molecular complexity index is 618. The summed E-state index contributed by atoms with van der Waals surface area (Å²) in [5, 5.41) is 0.252. The number of allylic oxidation sites excluding steroid dienone is 1. The molecule has 20 heavy (non-hydrogen) atoms. The lowest BCUT2D eigenvalue weighted by Crippen LogP contribution is -2.23. The normalized spacial score (nSPS) is 12.1. The third-order valence-corrected chi connectivity index (χ3v) is 3.65. The second-order valence-corrected chi connectivity index (χ2v) is 5.16. The van der Waals surface area contributed by atoms with Gasteiger partial charge >= 0.3 is 0 Å². The maximum Gasteiger partial charge on any atom is 0.269 e. The van der Waals surface area contributed by atoms with E-state index in [0.717, 1.165) is 19.3 Å². The maximum atomic E-state index is 12.0. The monoisotopic (exact) mass is 287 g/mol. The van der Waals surface area contributed by atoms with Gasteiger partial charge in [0, 0.05) is 6.20 Å². The molecule has 0 amide bonds. The van der Waals surface area contributed by atoms with E-state index >= 15 is 0 Å². The number of hydrogen-bond acceptors (Lipinski definition) is 1. The summed E-state index contributed by atoms with van der Waals surface area (Å²) in [6.07, 6.45) is 6.45. The summed E-state index contributed by atoms with van der Waals surface area (Å²) in [5.74, 6) is 0. The number of benzene rings is 1. The second kappa shape index (κ2) is 7.11. The zero-order chi connectivity index (χ0) is 14.4. The fourth-order valence-electron chi connectivity index (χ4n) is 2.27. The van der Waals surface area contributed by atoms with Crippen LogP contribution in [0.2, 0.25) is 5.02 Å². The summed E-state index contributed by atoms with van der Waals surface area (Å²) in [6.45, 7) is 3.83. The van der Waals surface area contributed by atoms with Crippen LogP contribution in [0.4, 0.5) is 0 Å². The number of nitrogens with zero attached hydrogens (tertiary/aromatic N) is 1. The van der Waals surface area contributed by atoms with Crippen LogP contribution in [0.1, 0.15) is 24.4 Å². The van der Waals surface area contributed by atoms with Gasteiger partial charge < -0.3 is 4.57 Å². The standard InChI is InChI=1S/C17H18ClNO/c1-2-15(19-13-7-12-16(18)17(19)20)11-6-10-14-8-4-3-5-9-14/h2-5,7-9,12-13,15H,1,6,10-11H2. The first-order chi connectivity index (χ1) is 9.72. The van der Waals surface area contributed by atoms with Crippen LogP contribution in [-0.2, 0) is 6.42 Å². The Hall–Kier alpha value is -1.80. The van der Waals surface area contributed by atoms with Gasteiger partial charge in [-0.25, -0.2) is 0 Å². The van der Waals surface area contributed by atoms with E-state index in [1.807, 2.05) is 24.3 Å². The highest BCUT2D eigenvalue weighted by Crippen LogP contribution is 2.16. The van der Waals surface area contributed by atoms with Crippen molar-refractivity contribution >= 4 is 11.6 Å². The van der Waals surface area contributed by atoms with Crippen LogP contribution < -0.4 is 5.56 Å². The minimum absolute atomic E-state index is 0.00934. The molecule has 0 saturated carbocycles. The molecule has 0 radical (unpaired) electrons. The summed E-state index contributed by atoms with van der Waals surface area (Å²) in [4.78, 5) is 12.0. The van der Waals surface area contributed by atoms with E-state index < -0.39 is 0 Å². The first kappa shape index (κ1) is 14.6. The Morgan fingerprint density at radius 3 is 2.65 bits per heavy atom. The van der Waals surface area contributed by atoms with Crippen molar-refractivity contribution in [2.75, 3.05) is 0 Å². The molecule has 1 heterocycles. The van der Waals surface area contributed by atoms with Gasteiger partial charge in [0.05, 0.1) is 6.04 Å². The quantitative estimate of drug-likeness (QED) is 0.728. The van der Waals surface area contributed by atoms with E-state index in [4.69, 9.17) is 11.6 Å². The number of aryl methyl sites for hydroxylation is 1. The van der Waals surface area contributed by atoms with Crippen molar-refractivity contribution in [3.05, 3.63) is 82.3 Å². The summed E-state index contributed by atoms with van der Waals surface area (Å²) >= 11 is 5.88. The highest BCUT2D eigenvalue weighted by molar-refractivity contribution is 6.30. The molecule has 0 fully saturated rings. The largest absolute Gasteiger partial charge is 0.307 e. The fourth-order valence-corrected chi connectivity index (χ4v) is 2.44. The van der Waals surface area contributed by atoms with Gasteiger partial charge in [0.2, 0.25) is 0 Å². The Labute approximate surface area is 124 Å². The molecule has 3 heteroatoms. The van der Waals surface area contributed by atoms with Gasteiger partial charge in [0.15, 0.2) is 0 Å². The molecule has 0 spiro atoms. The first-order valence-corrected chi connectivity index (χ1v) is 7.13. The van der Waals surface area contributed by atoms with Crippen molar-refractivity contribution in [3.8, 4) is 0 Å². The molecule has 1 unspecified atom stereocenters. The number of halogens is 1. The zero-order valence-electron chi connectivity index (χ0n) is 11.3. The van der Waals surface area contributed by atoms with E-state index in [1.165, 1.54) is 5.56 Å². The number of hydrogen-bond donors (Lipinski definition) is 0. The Balaban J connectivity index is 2.01. The molecule has 2 aromatic rings. The van der Waals surface area contributed by atoms with Crippen LogP contribution >= 0.6 is 11.6 Å². The second-order valence-electron chi connectivity index (χ2n) is 4.75. The molecule has 0 aliphatic heterocycles. The summed E-state index contributed by atoms with van der Waals surface area (Å²) in [5.41, 5.74) is 1.16. The lowest BCUT2D eigenvalue weighted by molar-refractivity contribution is 0.521. The smallest absolute Gasteiger partial charge is 0.269 e. The Morgan fingerprint density at radius 1 is 1.20 bits per heavy atom. The van der Waals surface area contributed by atoms with Crippen molar-refractivity contribution < 1.29 is 0 Å². The molecule has 104 valence electrons. The summed E-state index contributed by atoms with van der Waals surface area (Å²) in [7, 11) is 0. The molecule has 0 bridgehead atoms. The average molecular weight is 288 g/mol. The molecule has 0 saturated heterocycles. The van der Waals surface area contributed by atoms with Crippen LogP contribution in [0.25, 0.3) is 0 Å². The van der Waals surface area contributed by atoms with Crippen LogP contribution in [0.3, 0.4) is 0 Å². The van der Waals surface area contributed by atoms with Gasteiger partial charge in [-0.15, -0.1) is 6.58 Å². The predicted molar refractivity (Wildman–Crippen MR) is 84.3 cm³/mol. The molecule has 1 aromatic heterocycles. The highest BCUT2D eigenvalue weighted by Gasteiger charge is 2.09. The molecule has 0 N–H and O–H groups in total.